The van der Waals surface area contributed by atoms with Crippen LogP contribution in [0.5, 0.6) is 5.75 Å². The predicted molar refractivity (Wildman–Crippen MR) is 82.7 cm³/mol. The van der Waals surface area contributed by atoms with E-state index in [2.05, 4.69) is 5.32 Å². The summed E-state index contributed by atoms with van der Waals surface area (Å²) in [5, 5.41) is 12.5. The maximum atomic E-state index is 11.8. The lowest BCUT2D eigenvalue weighted by molar-refractivity contribution is -0.118. The van der Waals surface area contributed by atoms with Crippen molar-refractivity contribution in [3.8, 4) is 5.75 Å². The quantitative estimate of drug-likeness (QED) is 0.890. The molecule has 0 saturated carbocycles. The van der Waals surface area contributed by atoms with E-state index in [0.717, 1.165) is 0 Å². The average molecular weight is 306 g/mol. The smallest absolute Gasteiger partial charge is 0.262 e. The minimum absolute atomic E-state index is 0.136. The van der Waals surface area contributed by atoms with E-state index in [1.807, 2.05) is 18.2 Å². The van der Waals surface area contributed by atoms with Gasteiger partial charge in [0.15, 0.2) is 6.61 Å². The first kappa shape index (κ1) is 15.4. The Morgan fingerprint density at radius 3 is 2.62 bits per heavy atom. The molecule has 1 atom stereocenters. The molecule has 4 nitrogen and oxygen atoms in total. The molecule has 0 fully saturated rings. The Morgan fingerprint density at radius 2 is 2.00 bits per heavy atom. The first-order chi connectivity index (χ1) is 10.1. The lowest BCUT2D eigenvalue weighted by atomic mass is 10.1. The summed E-state index contributed by atoms with van der Waals surface area (Å²) in [5.74, 6) is 0.140. The van der Waals surface area contributed by atoms with Gasteiger partial charge >= 0.3 is 0 Å². The fourth-order valence-corrected chi connectivity index (χ4v) is 2.00. The van der Waals surface area contributed by atoms with Crippen LogP contribution in [0.4, 0.5) is 5.69 Å². The van der Waals surface area contributed by atoms with Crippen LogP contribution in [0.1, 0.15) is 18.6 Å². The highest BCUT2D eigenvalue weighted by Crippen LogP contribution is 2.27. The van der Waals surface area contributed by atoms with Crippen molar-refractivity contribution in [1.82, 2.24) is 0 Å². The van der Waals surface area contributed by atoms with Crippen LogP contribution >= 0.6 is 11.6 Å². The molecule has 2 aromatic carbocycles. The molecule has 0 aliphatic heterocycles. The van der Waals surface area contributed by atoms with E-state index < -0.39 is 6.10 Å². The van der Waals surface area contributed by atoms with Gasteiger partial charge in [0.05, 0.1) is 11.1 Å². The molecule has 110 valence electrons. The molecule has 21 heavy (non-hydrogen) atoms. The number of para-hydroxylation sites is 1. The van der Waals surface area contributed by atoms with Crippen LogP contribution in [-0.2, 0) is 4.79 Å². The SMILES string of the molecule is C[C@@H](O)c1ccc(OCC(=O)Nc2ccccc2)c(Cl)c1. The molecule has 0 spiro atoms. The second kappa shape index (κ2) is 7.11. The molecular formula is C16H16ClNO3. The molecule has 2 N–H and O–H groups in total. The van der Waals surface area contributed by atoms with Gasteiger partial charge in [-0.05, 0) is 36.8 Å². The van der Waals surface area contributed by atoms with Crippen LogP contribution in [0.2, 0.25) is 5.02 Å². The predicted octanol–water partition coefficient (Wildman–Crippen LogP) is 3.41. The summed E-state index contributed by atoms with van der Waals surface area (Å²) in [6, 6.07) is 14.1. The molecule has 0 heterocycles. The molecule has 2 rings (SSSR count). The van der Waals surface area contributed by atoms with Gasteiger partial charge in [0, 0.05) is 5.69 Å². The van der Waals surface area contributed by atoms with Gasteiger partial charge in [-0.3, -0.25) is 4.79 Å². The zero-order valence-corrected chi connectivity index (χ0v) is 12.3. The van der Waals surface area contributed by atoms with Gasteiger partial charge in [-0.15, -0.1) is 0 Å². The summed E-state index contributed by atoms with van der Waals surface area (Å²) in [6.07, 6.45) is -0.599. The number of rotatable bonds is 5. The van der Waals surface area contributed by atoms with Gasteiger partial charge in [-0.1, -0.05) is 35.9 Å². The second-order valence-electron chi connectivity index (χ2n) is 4.57. The fourth-order valence-electron chi connectivity index (χ4n) is 1.76. The minimum Gasteiger partial charge on any atom is -0.482 e. The molecule has 0 aromatic heterocycles. The Bertz CT molecular complexity index is 614. The molecule has 0 aliphatic rings. The first-order valence-electron chi connectivity index (χ1n) is 6.51. The normalized spacial score (nSPS) is 11.8. The zero-order chi connectivity index (χ0) is 15.2. The highest BCUT2D eigenvalue weighted by molar-refractivity contribution is 6.32. The molecule has 0 unspecified atom stereocenters. The second-order valence-corrected chi connectivity index (χ2v) is 4.98. The standard InChI is InChI=1S/C16H16ClNO3/c1-11(19)12-7-8-15(14(17)9-12)21-10-16(20)18-13-5-3-2-4-6-13/h2-9,11,19H,10H2,1H3,(H,18,20)/t11-/m1/s1. The third-order valence-corrected chi connectivity index (χ3v) is 3.15. The number of halogens is 1. The minimum atomic E-state index is -0.599. The lowest BCUT2D eigenvalue weighted by Gasteiger charge is -2.11. The maximum Gasteiger partial charge on any atom is 0.262 e. The van der Waals surface area contributed by atoms with E-state index in [4.69, 9.17) is 16.3 Å². The Morgan fingerprint density at radius 1 is 1.29 bits per heavy atom. The molecule has 1 amide bonds. The number of anilines is 1. The molecule has 2 aromatic rings. The highest BCUT2D eigenvalue weighted by Gasteiger charge is 2.09. The molecular weight excluding hydrogens is 290 g/mol. The average Bonchev–Trinajstić information content (AvgIpc) is 2.47. The number of carbonyl (C=O) groups excluding carboxylic acids is 1. The van der Waals surface area contributed by atoms with Gasteiger partial charge in [-0.2, -0.15) is 0 Å². The van der Waals surface area contributed by atoms with Crippen molar-refractivity contribution in [1.29, 1.82) is 0 Å². The summed E-state index contributed by atoms with van der Waals surface area (Å²) in [4.78, 5) is 11.8. The summed E-state index contributed by atoms with van der Waals surface area (Å²) >= 11 is 6.05. The Balaban J connectivity index is 1.92. The Hall–Kier alpha value is -2.04. The van der Waals surface area contributed by atoms with E-state index in [0.29, 0.717) is 22.0 Å². The molecule has 0 radical (unpaired) electrons. The molecule has 0 aliphatic carbocycles. The summed E-state index contributed by atoms with van der Waals surface area (Å²) in [7, 11) is 0. The van der Waals surface area contributed by atoms with Crippen molar-refractivity contribution in [2.24, 2.45) is 0 Å². The summed E-state index contributed by atoms with van der Waals surface area (Å²) < 4.78 is 5.38. The van der Waals surface area contributed by atoms with E-state index in [9.17, 15) is 9.90 Å². The van der Waals surface area contributed by atoms with E-state index in [-0.39, 0.29) is 12.5 Å². The number of amides is 1. The van der Waals surface area contributed by atoms with E-state index in [1.165, 1.54) is 0 Å². The lowest BCUT2D eigenvalue weighted by Crippen LogP contribution is -2.20. The van der Waals surface area contributed by atoms with Crippen LogP contribution in [-0.4, -0.2) is 17.6 Å². The number of ether oxygens (including phenoxy) is 1. The number of aliphatic hydroxyl groups excluding tert-OH is 1. The zero-order valence-electron chi connectivity index (χ0n) is 11.5. The van der Waals surface area contributed by atoms with Gasteiger partial charge < -0.3 is 15.2 Å². The molecule has 0 saturated heterocycles. The molecule has 5 heteroatoms. The van der Waals surface area contributed by atoms with Gasteiger partial charge in [0.25, 0.3) is 5.91 Å². The fraction of sp³-hybridized carbons (Fsp3) is 0.188. The highest BCUT2D eigenvalue weighted by atomic mass is 35.5. The third-order valence-electron chi connectivity index (χ3n) is 2.85. The van der Waals surface area contributed by atoms with Gasteiger partial charge in [0.2, 0.25) is 0 Å². The number of aliphatic hydroxyl groups is 1. The van der Waals surface area contributed by atoms with Crippen molar-refractivity contribution in [3.63, 3.8) is 0 Å². The van der Waals surface area contributed by atoms with Crippen LogP contribution in [0.25, 0.3) is 0 Å². The van der Waals surface area contributed by atoms with Crippen molar-refractivity contribution < 1.29 is 14.6 Å². The largest absolute Gasteiger partial charge is 0.482 e. The number of benzene rings is 2. The summed E-state index contributed by atoms with van der Waals surface area (Å²) in [5.41, 5.74) is 1.41. The van der Waals surface area contributed by atoms with E-state index in [1.54, 1.807) is 37.3 Å². The number of carbonyl (C=O) groups is 1. The van der Waals surface area contributed by atoms with Crippen molar-refractivity contribution in [3.05, 3.63) is 59.1 Å². The van der Waals surface area contributed by atoms with Crippen molar-refractivity contribution in [2.75, 3.05) is 11.9 Å². The first-order valence-corrected chi connectivity index (χ1v) is 6.89. The number of nitrogens with one attached hydrogen (secondary N) is 1. The number of hydrogen-bond acceptors (Lipinski definition) is 3. The van der Waals surface area contributed by atoms with Crippen molar-refractivity contribution >= 4 is 23.2 Å². The van der Waals surface area contributed by atoms with E-state index >= 15 is 0 Å². The van der Waals surface area contributed by atoms with Crippen LogP contribution in [0.3, 0.4) is 0 Å². The monoisotopic (exact) mass is 305 g/mol. The van der Waals surface area contributed by atoms with Gasteiger partial charge in [0.1, 0.15) is 5.75 Å². The Kier molecular flexibility index (Phi) is 5.20. The topological polar surface area (TPSA) is 58.6 Å². The van der Waals surface area contributed by atoms with Crippen molar-refractivity contribution in [2.45, 2.75) is 13.0 Å². The molecule has 0 bridgehead atoms. The third kappa shape index (κ3) is 4.48. The van der Waals surface area contributed by atoms with Crippen LogP contribution in [0.15, 0.2) is 48.5 Å². The summed E-state index contributed by atoms with van der Waals surface area (Å²) in [6.45, 7) is 1.52. The van der Waals surface area contributed by atoms with Gasteiger partial charge in [-0.25, -0.2) is 0 Å². The van der Waals surface area contributed by atoms with Crippen LogP contribution in [0, 0.1) is 0 Å². The number of hydrogen-bond donors (Lipinski definition) is 2. The Labute approximate surface area is 128 Å². The van der Waals surface area contributed by atoms with Crippen LogP contribution < -0.4 is 10.1 Å². The maximum absolute atomic E-state index is 11.8.